The minimum absolute atomic E-state index is 0.812. The number of hydrogen-bond acceptors (Lipinski definition) is 3. The van der Waals surface area contributed by atoms with Gasteiger partial charge in [-0.3, -0.25) is 0 Å². The summed E-state index contributed by atoms with van der Waals surface area (Å²) in [6.45, 7) is 3.11. The molecule has 3 heteroatoms. The summed E-state index contributed by atoms with van der Waals surface area (Å²) in [7, 11) is 1.70. The summed E-state index contributed by atoms with van der Waals surface area (Å²) in [6, 6.07) is 0. The van der Waals surface area contributed by atoms with Crippen LogP contribution in [0.15, 0.2) is 10.8 Å². The lowest BCUT2D eigenvalue weighted by atomic mass is 10.0. The van der Waals surface area contributed by atoms with E-state index >= 15 is 0 Å². The average molecular weight is 439 g/mol. The van der Waals surface area contributed by atoms with Crippen LogP contribution in [0.4, 0.5) is 0 Å². The molecular weight excluding hydrogens is 388 g/mol. The smallest absolute Gasteiger partial charge is 0.171 e. The molecule has 176 valence electrons. The van der Waals surface area contributed by atoms with Gasteiger partial charge in [0.2, 0.25) is 0 Å². The normalized spacial score (nSPS) is 11.1. The van der Waals surface area contributed by atoms with E-state index in [9.17, 15) is 0 Å². The summed E-state index contributed by atoms with van der Waals surface area (Å²) in [5.74, 6) is 1.77. The molecule has 1 aromatic rings. The van der Waals surface area contributed by atoms with Crippen molar-refractivity contribution in [2.45, 2.75) is 135 Å². The third kappa shape index (κ3) is 16.1. The molecule has 0 bridgehead atoms. The Kier molecular flexibility index (Phi) is 19.6. The van der Waals surface area contributed by atoms with E-state index in [1.165, 1.54) is 122 Å². The van der Waals surface area contributed by atoms with Gasteiger partial charge in [0, 0.05) is 10.8 Å². The number of unbranched alkanes of at least 4 members (excludes halogenated alkanes) is 19. The second-order valence-corrected chi connectivity index (χ2v) is 9.61. The van der Waals surface area contributed by atoms with Gasteiger partial charge in [-0.05, 0) is 6.42 Å². The molecule has 0 aliphatic carbocycles. The lowest BCUT2D eigenvalue weighted by Gasteiger charge is -2.06. The third-order valence-corrected chi connectivity index (χ3v) is 6.77. The summed E-state index contributed by atoms with van der Waals surface area (Å²) in [4.78, 5) is 0. The zero-order valence-corrected chi connectivity index (χ0v) is 21.0. The molecule has 2 nitrogen and oxygen atoms in total. The maximum absolute atomic E-state index is 5.79. The summed E-state index contributed by atoms with van der Waals surface area (Å²) in [6.07, 6.45) is 28.4. The van der Waals surface area contributed by atoms with Crippen LogP contribution >= 0.6 is 11.3 Å². The van der Waals surface area contributed by atoms with Crippen molar-refractivity contribution in [2.75, 3.05) is 13.7 Å². The van der Waals surface area contributed by atoms with Crippen molar-refractivity contribution in [3.8, 4) is 11.5 Å². The topological polar surface area (TPSA) is 18.5 Å². The van der Waals surface area contributed by atoms with Crippen molar-refractivity contribution >= 4 is 11.3 Å². The molecule has 1 heterocycles. The van der Waals surface area contributed by atoms with Crippen LogP contribution in [-0.2, 0) is 0 Å². The predicted octanol–water partition coefficient (Wildman–Crippen LogP) is 9.96. The minimum Gasteiger partial charge on any atom is -0.492 e. The first-order valence-corrected chi connectivity index (χ1v) is 14.1. The maximum Gasteiger partial charge on any atom is 0.171 e. The van der Waals surface area contributed by atoms with E-state index in [1.54, 1.807) is 18.4 Å². The molecule has 0 unspecified atom stereocenters. The number of methoxy groups -OCH3 is 1. The highest BCUT2D eigenvalue weighted by Gasteiger charge is 2.04. The second-order valence-electron chi connectivity index (χ2n) is 8.87. The first kappa shape index (κ1) is 27.3. The fourth-order valence-electron chi connectivity index (χ4n) is 4.07. The van der Waals surface area contributed by atoms with Gasteiger partial charge < -0.3 is 9.47 Å². The molecule has 0 aromatic carbocycles. The molecule has 0 saturated heterocycles. The monoisotopic (exact) mass is 438 g/mol. The molecular formula is C27H50O2S. The summed E-state index contributed by atoms with van der Waals surface area (Å²) in [5.41, 5.74) is 0. The molecule has 0 amide bonds. The Labute approximate surface area is 192 Å². The highest BCUT2D eigenvalue weighted by molar-refractivity contribution is 7.08. The van der Waals surface area contributed by atoms with E-state index in [0.29, 0.717) is 0 Å². The van der Waals surface area contributed by atoms with E-state index in [1.807, 2.05) is 10.8 Å². The molecule has 0 aliphatic rings. The Balaban J connectivity index is 1.69. The lowest BCUT2D eigenvalue weighted by molar-refractivity contribution is 0.286. The zero-order chi connectivity index (χ0) is 21.5. The van der Waals surface area contributed by atoms with Crippen molar-refractivity contribution in [1.29, 1.82) is 0 Å². The zero-order valence-electron chi connectivity index (χ0n) is 20.2. The Bertz CT molecular complexity index is 457. The van der Waals surface area contributed by atoms with Gasteiger partial charge in [-0.1, -0.05) is 129 Å². The van der Waals surface area contributed by atoms with E-state index < -0.39 is 0 Å². The van der Waals surface area contributed by atoms with E-state index in [2.05, 4.69) is 6.92 Å². The van der Waals surface area contributed by atoms with Crippen molar-refractivity contribution in [3.63, 3.8) is 0 Å². The van der Waals surface area contributed by atoms with E-state index in [0.717, 1.165) is 24.5 Å². The van der Waals surface area contributed by atoms with Crippen LogP contribution < -0.4 is 9.47 Å². The summed E-state index contributed by atoms with van der Waals surface area (Å²) in [5, 5.41) is 4.02. The van der Waals surface area contributed by atoms with Gasteiger partial charge in [-0.25, -0.2) is 0 Å². The number of rotatable bonds is 23. The van der Waals surface area contributed by atoms with Crippen molar-refractivity contribution < 1.29 is 9.47 Å². The lowest BCUT2D eigenvalue weighted by Crippen LogP contribution is -1.97. The van der Waals surface area contributed by atoms with Gasteiger partial charge in [0.25, 0.3) is 0 Å². The predicted molar refractivity (Wildman–Crippen MR) is 134 cm³/mol. The quantitative estimate of drug-likeness (QED) is 0.158. The highest BCUT2D eigenvalue weighted by Crippen LogP contribution is 2.31. The van der Waals surface area contributed by atoms with Crippen LogP contribution in [0.25, 0.3) is 0 Å². The van der Waals surface area contributed by atoms with Gasteiger partial charge in [0.1, 0.15) is 0 Å². The molecule has 0 radical (unpaired) electrons. The van der Waals surface area contributed by atoms with Crippen LogP contribution in [0, 0.1) is 0 Å². The van der Waals surface area contributed by atoms with Crippen LogP contribution in [-0.4, -0.2) is 13.7 Å². The van der Waals surface area contributed by atoms with Crippen molar-refractivity contribution in [2.24, 2.45) is 0 Å². The van der Waals surface area contributed by atoms with Gasteiger partial charge in [-0.15, -0.1) is 11.3 Å². The molecule has 0 spiro atoms. The third-order valence-electron chi connectivity index (χ3n) is 6.07. The van der Waals surface area contributed by atoms with Crippen LogP contribution in [0.3, 0.4) is 0 Å². The first-order valence-electron chi connectivity index (χ1n) is 13.1. The Morgan fingerprint density at radius 3 is 1.30 bits per heavy atom. The Morgan fingerprint density at radius 2 is 0.900 bits per heavy atom. The SMILES string of the molecule is CCCCCCCCCCCCCCCCCCCCCCOc1cscc1OC. The number of thiophene rings is 1. The largest absolute Gasteiger partial charge is 0.492 e. The first-order chi connectivity index (χ1) is 14.9. The summed E-state index contributed by atoms with van der Waals surface area (Å²) < 4.78 is 11.1. The Hall–Kier alpha value is -0.700. The maximum atomic E-state index is 5.79. The fraction of sp³-hybridized carbons (Fsp3) is 0.852. The van der Waals surface area contributed by atoms with Crippen LogP contribution in [0.1, 0.15) is 135 Å². The standard InChI is InChI=1S/C27H50O2S/c1-3-4-5-6-7-8-9-10-11-12-13-14-15-16-17-18-19-20-21-22-23-29-27-25-30-24-26(27)28-2/h24-25H,3-23H2,1-2H3. The molecule has 1 aromatic heterocycles. The van der Waals surface area contributed by atoms with E-state index in [4.69, 9.17) is 9.47 Å². The van der Waals surface area contributed by atoms with Gasteiger partial charge in [-0.2, -0.15) is 0 Å². The van der Waals surface area contributed by atoms with Crippen molar-refractivity contribution in [3.05, 3.63) is 10.8 Å². The second kappa shape index (κ2) is 21.5. The van der Waals surface area contributed by atoms with Crippen molar-refractivity contribution in [1.82, 2.24) is 0 Å². The Morgan fingerprint density at radius 1 is 0.533 bits per heavy atom. The number of hydrogen-bond donors (Lipinski definition) is 0. The fourth-order valence-corrected chi connectivity index (χ4v) is 4.78. The van der Waals surface area contributed by atoms with Gasteiger partial charge in [0.05, 0.1) is 13.7 Å². The van der Waals surface area contributed by atoms with Gasteiger partial charge >= 0.3 is 0 Å². The van der Waals surface area contributed by atoms with Crippen LogP contribution in [0.2, 0.25) is 0 Å². The molecule has 0 fully saturated rings. The average Bonchev–Trinajstić information content (AvgIpc) is 3.22. The minimum atomic E-state index is 0.812. The van der Waals surface area contributed by atoms with Crippen LogP contribution in [0.5, 0.6) is 11.5 Å². The molecule has 0 aliphatic heterocycles. The number of ether oxygens (including phenoxy) is 2. The summed E-state index contributed by atoms with van der Waals surface area (Å²) >= 11 is 1.63. The highest BCUT2D eigenvalue weighted by atomic mass is 32.1. The van der Waals surface area contributed by atoms with E-state index in [-0.39, 0.29) is 0 Å². The molecule has 0 N–H and O–H groups in total. The molecule has 0 saturated carbocycles. The molecule has 0 atom stereocenters. The molecule has 30 heavy (non-hydrogen) atoms. The molecule has 1 rings (SSSR count). The van der Waals surface area contributed by atoms with Gasteiger partial charge in [0.15, 0.2) is 11.5 Å².